The van der Waals surface area contributed by atoms with E-state index in [0.29, 0.717) is 0 Å². The van der Waals surface area contributed by atoms with E-state index in [1.165, 1.54) is 31.2 Å². The number of amides is 1. The van der Waals surface area contributed by atoms with Crippen molar-refractivity contribution in [3.63, 3.8) is 0 Å². The molecule has 0 fully saturated rings. The second-order valence-corrected chi connectivity index (χ2v) is 5.44. The van der Waals surface area contributed by atoms with Crippen molar-refractivity contribution in [2.75, 3.05) is 11.9 Å². The lowest BCUT2D eigenvalue weighted by atomic mass is 10.3. The summed E-state index contributed by atoms with van der Waals surface area (Å²) in [7, 11) is 0. The summed E-state index contributed by atoms with van der Waals surface area (Å²) in [5.41, 5.74) is 0.185. The third-order valence-corrected chi connectivity index (χ3v) is 3.20. The van der Waals surface area contributed by atoms with Crippen LogP contribution in [-0.2, 0) is 14.3 Å². The number of carbonyl (C=O) groups is 2. The number of esters is 1. The Morgan fingerprint density at radius 3 is 2.14 bits per heavy atom. The molecule has 2 aromatic rings. The highest BCUT2D eigenvalue weighted by molar-refractivity contribution is 5.95. The minimum absolute atomic E-state index is 0.185. The molecule has 10 heteroatoms. The number of carbonyl (C=O) groups excluding carboxylic acids is 2. The van der Waals surface area contributed by atoms with Gasteiger partial charge in [0.15, 0.2) is 12.7 Å². The van der Waals surface area contributed by atoms with Gasteiger partial charge in [-0.25, -0.2) is 9.18 Å². The Labute approximate surface area is 157 Å². The molecular formula is C18H15F4NO5. The number of halogens is 4. The van der Waals surface area contributed by atoms with E-state index in [-0.39, 0.29) is 11.4 Å². The molecule has 0 aliphatic heterocycles. The van der Waals surface area contributed by atoms with Crippen LogP contribution in [0.1, 0.15) is 6.92 Å². The lowest BCUT2D eigenvalue weighted by Crippen LogP contribution is -2.31. The van der Waals surface area contributed by atoms with E-state index in [1.807, 2.05) is 0 Å². The topological polar surface area (TPSA) is 73.9 Å². The van der Waals surface area contributed by atoms with Crippen LogP contribution < -0.4 is 14.8 Å². The minimum Gasteiger partial charge on any atom is -0.482 e. The molecule has 0 aromatic heterocycles. The van der Waals surface area contributed by atoms with Crippen molar-refractivity contribution in [1.82, 2.24) is 0 Å². The second-order valence-electron chi connectivity index (χ2n) is 5.44. The van der Waals surface area contributed by atoms with Crippen LogP contribution in [0.25, 0.3) is 0 Å². The summed E-state index contributed by atoms with van der Waals surface area (Å²) in [5, 5.41) is 2.38. The molecular weight excluding hydrogens is 386 g/mol. The predicted octanol–water partition coefficient (Wildman–Crippen LogP) is 3.67. The smallest absolute Gasteiger partial charge is 0.482 e. The van der Waals surface area contributed by atoms with E-state index in [2.05, 4.69) is 10.1 Å². The van der Waals surface area contributed by atoms with Gasteiger partial charge in [0.25, 0.3) is 5.91 Å². The van der Waals surface area contributed by atoms with Gasteiger partial charge >= 0.3 is 12.3 Å². The van der Waals surface area contributed by atoms with E-state index < -0.39 is 42.5 Å². The van der Waals surface area contributed by atoms with Gasteiger partial charge in [-0.05, 0) is 55.5 Å². The Morgan fingerprint density at radius 2 is 1.57 bits per heavy atom. The number of rotatable bonds is 7. The van der Waals surface area contributed by atoms with Crippen LogP contribution in [-0.4, -0.2) is 30.9 Å². The fraction of sp³-hybridized carbons (Fsp3) is 0.222. The standard InChI is InChI=1S/C18H15F4NO5/c1-11(27-16(24)10-26-14-6-2-12(19)3-7-14)17(25)23-13-4-8-15(9-5-13)28-18(20,21)22/h2-9,11H,10H2,1H3,(H,23,25)/t11-/m1/s1. The van der Waals surface area contributed by atoms with Crippen LogP contribution in [0.5, 0.6) is 11.5 Å². The number of hydrogen-bond acceptors (Lipinski definition) is 5. The van der Waals surface area contributed by atoms with Crippen LogP contribution in [0, 0.1) is 5.82 Å². The molecule has 6 nitrogen and oxygen atoms in total. The number of alkyl halides is 3. The Balaban J connectivity index is 1.80. The average molecular weight is 401 g/mol. The number of hydrogen-bond donors (Lipinski definition) is 1. The van der Waals surface area contributed by atoms with Crippen molar-refractivity contribution in [3.05, 3.63) is 54.3 Å². The van der Waals surface area contributed by atoms with Crippen molar-refractivity contribution in [3.8, 4) is 11.5 Å². The van der Waals surface area contributed by atoms with Gasteiger partial charge in [0.1, 0.15) is 17.3 Å². The molecule has 0 saturated carbocycles. The summed E-state index contributed by atoms with van der Waals surface area (Å²) >= 11 is 0. The molecule has 1 N–H and O–H groups in total. The molecule has 0 bridgehead atoms. The first-order valence-corrected chi connectivity index (χ1v) is 7.87. The Morgan fingerprint density at radius 1 is 1.00 bits per heavy atom. The lowest BCUT2D eigenvalue weighted by Gasteiger charge is -2.14. The van der Waals surface area contributed by atoms with Crippen molar-refractivity contribution < 1.29 is 41.4 Å². The van der Waals surface area contributed by atoms with Gasteiger partial charge in [-0.1, -0.05) is 0 Å². The SMILES string of the molecule is C[C@@H](OC(=O)COc1ccc(F)cc1)C(=O)Nc1ccc(OC(F)(F)F)cc1. The van der Waals surface area contributed by atoms with Crippen molar-refractivity contribution >= 4 is 17.6 Å². The number of ether oxygens (including phenoxy) is 3. The Hall–Kier alpha value is -3.30. The summed E-state index contributed by atoms with van der Waals surface area (Å²) < 4.78 is 62.8. The van der Waals surface area contributed by atoms with Crippen LogP contribution in [0.4, 0.5) is 23.2 Å². The van der Waals surface area contributed by atoms with Gasteiger partial charge in [-0.2, -0.15) is 0 Å². The zero-order chi connectivity index (χ0) is 20.7. The van der Waals surface area contributed by atoms with Crippen LogP contribution in [0.15, 0.2) is 48.5 Å². The largest absolute Gasteiger partial charge is 0.573 e. The molecule has 1 amide bonds. The van der Waals surface area contributed by atoms with Gasteiger partial charge in [0.2, 0.25) is 0 Å². The molecule has 0 heterocycles. The summed E-state index contributed by atoms with van der Waals surface area (Å²) in [6.45, 7) is 0.818. The highest BCUT2D eigenvalue weighted by Crippen LogP contribution is 2.24. The summed E-state index contributed by atoms with van der Waals surface area (Å²) in [6, 6.07) is 9.41. The second kappa shape index (κ2) is 9.07. The highest BCUT2D eigenvalue weighted by atomic mass is 19.4. The maximum atomic E-state index is 12.8. The van der Waals surface area contributed by atoms with Gasteiger partial charge in [-0.15, -0.1) is 13.2 Å². The first-order valence-electron chi connectivity index (χ1n) is 7.87. The first kappa shape index (κ1) is 21.0. The average Bonchev–Trinajstić information content (AvgIpc) is 2.61. The molecule has 0 radical (unpaired) electrons. The fourth-order valence-corrected chi connectivity index (χ4v) is 1.94. The molecule has 28 heavy (non-hydrogen) atoms. The predicted molar refractivity (Wildman–Crippen MR) is 89.2 cm³/mol. The Kier molecular flexibility index (Phi) is 6.80. The van der Waals surface area contributed by atoms with Gasteiger partial charge in [0.05, 0.1) is 0 Å². The third-order valence-electron chi connectivity index (χ3n) is 3.20. The molecule has 0 saturated heterocycles. The van der Waals surface area contributed by atoms with E-state index in [0.717, 1.165) is 24.3 Å². The normalized spacial score (nSPS) is 12.0. The first-order chi connectivity index (χ1) is 13.1. The molecule has 0 unspecified atom stereocenters. The minimum atomic E-state index is -4.82. The third kappa shape index (κ3) is 7.14. The molecule has 0 aliphatic rings. The fourth-order valence-electron chi connectivity index (χ4n) is 1.94. The van der Waals surface area contributed by atoms with E-state index in [4.69, 9.17) is 9.47 Å². The van der Waals surface area contributed by atoms with E-state index >= 15 is 0 Å². The monoisotopic (exact) mass is 401 g/mol. The lowest BCUT2D eigenvalue weighted by molar-refractivity contribution is -0.274. The van der Waals surface area contributed by atoms with Crippen molar-refractivity contribution in [1.29, 1.82) is 0 Å². The molecule has 0 aliphatic carbocycles. The van der Waals surface area contributed by atoms with Crippen molar-refractivity contribution in [2.45, 2.75) is 19.4 Å². The zero-order valence-corrected chi connectivity index (χ0v) is 14.5. The number of anilines is 1. The summed E-state index contributed by atoms with van der Waals surface area (Å²) in [4.78, 5) is 23.7. The molecule has 0 spiro atoms. The van der Waals surface area contributed by atoms with Crippen LogP contribution in [0.2, 0.25) is 0 Å². The zero-order valence-electron chi connectivity index (χ0n) is 14.5. The molecule has 150 valence electrons. The van der Waals surface area contributed by atoms with Crippen molar-refractivity contribution in [2.24, 2.45) is 0 Å². The van der Waals surface area contributed by atoms with Gasteiger partial charge < -0.3 is 19.5 Å². The highest BCUT2D eigenvalue weighted by Gasteiger charge is 2.31. The van der Waals surface area contributed by atoms with Gasteiger partial charge in [0, 0.05) is 5.69 Å². The quantitative estimate of drug-likeness (QED) is 0.566. The summed E-state index contributed by atoms with van der Waals surface area (Å²) in [5.74, 6) is -2.18. The maximum absolute atomic E-state index is 12.8. The molecule has 1 atom stereocenters. The van der Waals surface area contributed by atoms with Crippen LogP contribution in [0.3, 0.4) is 0 Å². The maximum Gasteiger partial charge on any atom is 0.573 e. The number of benzene rings is 2. The summed E-state index contributed by atoms with van der Waals surface area (Å²) in [6.07, 6.45) is -6.00. The van der Waals surface area contributed by atoms with Crippen LogP contribution >= 0.6 is 0 Å². The molecule has 2 rings (SSSR count). The van der Waals surface area contributed by atoms with Gasteiger partial charge in [-0.3, -0.25) is 4.79 Å². The Bertz CT molecular complexity index is 806. The molecule has 2 aromatic carbocycles. The number of nitrogens with one attached hydrogen (secondary N) is 1. The van der Waals surface area contributed by atoms with E-state index in [9.17, 15) is 27.2 Å². The van der Waals surface area contributed by atoms with E-state index in [1.54, 1.807) is 0 Å².